The predicted molar refractivity (Wildman–Crippen MR) is 90.5 cm³/mol. The molecule has 0 bridgehead atoms. The van der Waals surface area contributed by atoms with Gasteiger partial charge in [-0.2, -0.15) is 13.2 Å². The highest BCUT2D eigenvalue weighted by Gasteiger charge is 2.53. The fourth-order valence-electron chi connectivity index (χ4n) is 2.40. The first-order valence-electron chi connectivity index (χ1n) is 7.89. The zero-order valence-corrected chi connectivity index (χ0v) is 14.7. The summed E-state index contributed by atoms with van der Waals surface area (Å²) < 4.78 is 41.6. The van der Waals surface area contributed by atoms with E-state index in [2.05, 4.69) is 17.2 Å². The van der Waals surface area contributed by atoms with Crippen LogP contribution in [0.25, 0.3) is 0 Å². The average molecular weight is 374 g/mol. The second-order valence-corrected chi connectivity index (χ2v) is 6.72. The minimum Gasteiger partial charge on any atom is -0.396 e. The van der Waals surface area contributed by atoms with Crippen molar-refractivity contribution in [2.45, 2.75) is 44.7 Å². The molecular weight excluding hydrogens is 355 g/mol. The summed E-state index contributed by atoms with van der Waals surface area (Å²) in [6.07, 6.45) is -2.88. The van der Waals surface area contributed by atoms with Crippen LogP contribution in [-0.4, -0.2) is 23.8 Å². The van der Waals surface area contributed by atoms with Gasteiger partial charge in [-0.05, 0) is 43.9 Å². The molecule has 25 heavy (non-hydrogen) atoms. The number of aliphatic hydroxyl groups excluding tert-OH is 1. The van der Waals surface area contributed by atoms with E-state index in [-0.39, 0.29) is 35.2 Å². The minimum atomic E-state index is -4.65. The van der Waals surface area contributed by atoms with E-state index >= 15 is 0 Å². The molecule has 2 N–H and O–H groups in total. The van der Waals surface area contributed by atoms with Gasteiger partial charge in [-0.3, -0.25) is 4.79 Å². The van der Waals surface area contributed by atoms with Crippen LogP contribution in [0.2, 0.25) is 5.02 Å². The Bertz CT molecular complexity index is 732. The first kappa shape index (κ1) is 19.6. The molecule has 1 amide bonds. The molecule has 0 heterocycles. The number of amides is 1. The molecule has 3 nitrogen and oxygen atoms in total. The predicted octanol–water partition coefficient (Wildman–Crippen LogP) is 4.07. The van der Waals surface area contributed by atoms with Gasteiger partial charge in [0, 0.05) is 35.7 Å². The molecule has 0 saturated heterocycles. The SMILES string of the molecule is CC(=O)Nc1cc(CCO)c(Cl)cc1[C@@](C)(C#CC1CC1)C(F)(F)F. The first-order chi connectivity index (χ1) is 11.6. The van der Waals surface area contributed by atoms with Crippen LogP contribution < -0.4 is 5.32 Å². The average Bonchev–Trinajstić information content (AvgIpc) is 3.30. The minimum absolute atomic E-state index is 0.00461. The summed E-state index contributed by atoms with van der Waals surface area (Å²) in [5.41, 5.74) is -2.20. The van der Waals surface area contributed by atoms with Gasteiger partial charge in [-0.15, -0.1) is 0 Å². The molecule has 1 fully saturated rings. The second kappa shape index (κ2) is 7.27. The van der Waals surface area contributed by atoms with Crippen molar-refractivity contribution >= 4 is 23.2 Å². The van der Waals surface area contributed by atoms with Crippen LogP contribution in [0.1, 0.15) is 37.8 Å². The second-order valence-electron chi connectivity index (χ2n) is 6.31. The van der Waals surface area contributed by atoms with Crippen LogP contribution in [0.4, 0.5) is 18.9 Å². The Morgan fingerprint density at radius 2 is 2.04 bits per heavy atom. The van der Waals surface area contributed by atoms with Gasteiger partial charge in [0.2, 0.25) is 5.91 Å². The molecule has 7 heteroatoms. The van der Waals surface area contributed by atoms with E-state index in [4.69, 9.17) is 16.7 Å². The van der Waals surface area contributed by atoms with E-state index in [1.54, 1.807) is 0 Å². The Kier molecular flexibility index (Phi) is 5.70. The summed E-state index contributed by atoms with van der Waals surface area (Å²) in [5.74, 6) is 4.54. The standard InChI is InChI=1S/C18H19ClF3NO2/c1-11(25)23-16-9-13(6-8-24)15(19)10-14(16)17(2,18(20,21)22)7-5-12-3-4-12/h9-10,12,24H,3-4,6,8H2,1-2H3,(H,23,25)/t17-/m1/s1. The van der Waals surface area contributed by atoms with Crippen molar-refractivity contribution < 1.29 is 23.1 Å². The lowest BCUT2D eigenvalue weighted by atomic mass is 9.80. The Morgan fingerprint density at radius 3 is 2.52 bits per heavy atom. The van der Waals surface area contributed by atoms with Crippen molar-refractivity contribution in [2.75, 3.05) is 11.9 Å². The molecule has 1 aliphatic carbocycles. The first-order valence-corrected chi connectivity index (χ1v) is 8.27. The summed E-state index contributed by atoms with van der Waals surface area (Å²) in [5, 5.41) is 11.6. The van der Waals surface area contributed by atoms with Gasteiger partial charge < -0.3 is 10.4 Å². The van der Waals surface area contributed by atoms with Gasteiger partial charge in [0.25, 0.3) is 0 Å². The quantitative estimate of drug-likeness (QED) is 0.782. The third kappa shape index (κ3) is 4.47. The normalized spacial score (nSPS) is 16.6. The van der Waals surface area contributed by atoms with Gasteiger partial charge in [0.15, 0.2) is 5.41 Å². The van der Waals surface area contributed by atoms with Gasteiger partial charge >= 0.3 is 6.18 Å². The number of benzene rings is 1. The highest BCUT2D eigenvalue weighted by molar-refractivity contribution is 6.31. The smallest absolute Gasteiger partial charge is 0.396 e. The van der Waals surface area contributed by atoms with Gasteiger partial charge in [-0.1, -0.05) is 23.4 Å². The third-order valence-corrected chi connectivity index (χ3v) is 4.44. The lowest BCUT2D eigenvalue weighted by Gasteiger charge is -2.30. The molecule has 1 aromatic rings. The van der Waals surface area contributed by atoms with Gasteiger partial charge in [-0.25, -0.2) is 0 Å². The number of hydrogen-bond acceptors (Lipinski definition) is 2. The summed E-state index contributed by atoms with van der Waals surface area (Å²) >= 11 is 6.11. The number of carbonyl (C=O) groups excluding carboxylic acids is 1. The fraction of sp³-hybridized carbons (Fsp3) is 0.500. The van der Waals surface area contributed by atoms with E-state index < -0.39 is 17.5 Å². The van der Waals surface area contributed by atoms with Crippen LogP contribution in [0, 0.1) is 17.8 Å². The highest BCUT2D eigenvalue weighted by atomic mass is 35.5. The molecule has 1 aromatic carbocycles. The topological polar surface area (TPSA) is 49.3 Å². The van der Waals surface area contributed by atoms with E-state index in [9.17, 15) is 18.0 Å². The molecule has 136 valence electrons. The van der Waals surface area contributed by atoms with E-state index in [1.165, 1.54) is 19.1 Å². The molecule has 0 spiro atoms. The number of aliphatic hydroxyl groups is 1. The summed E-state index contributed by atoms with van der Waals surface area (Å²) in [7, 11) is 0. The van der Waals surface area contributed by atoms with Crippen LogP contribution in [0.15, 0.2) is 12.1 Å². The van der Waals surface area contributed by atoms with Crippen molar-refractivity contribution in [1.29, 1.82) is 0 Å². The Labute approximate surface area is 149 Å². The molecule has 1 aliphatic rings. The molecule has 0 aromatic heterocycles. The van der Waals surface area contributed by atoms with Gasteiger partial charge in [0.05, 0.1) is 0 Å². The Morgan fingerprint density at radius 1 is 1.40 bits per heavy atom. The maximum atomic E-state index is 13.9. The molecule has 1 saturated carbocycles. The molecule has 0 unspecified atom stereocenters. The van der Waals surface area contributed by atoms with Crippen molar-refractivity contribution in [2.24, 2.45) is 5.92 Å². The highest BCUT2D eigenvalue weighted by Crippen LogP contribution is 2.45. The number of anilines is 1. The largest absolute Gasteiger partial charge is 0.408 e. The van der Waals surface area contributed by atoms with Crippen LogP contribution in [-0.2, 0) is 16.6 Å². The maximum absolute atomic E-state index is 13.9. The van der Waals surface area contributed by atoms with Crippen molar-refractivity contribution in [3.8, 4) is 11.8 Å². The lowest BCUT2D eigenvalue weighted by molar-refractivity contribution is -0.167. The van der Waals surface area contributed by atoms with E-state index in [0.29, 0.717) is 5.56 Å². The molecule has 0 aliphatic heterocycles. The summed E-state index contributed by atoms with van der Waals surface area (Å²) in [6.45, 7) is 1.99. The molecule has 2 rings (SSSR count). The molecule has 1 atom stereocenters. The van der Waals surface area contributed by atoms with E-state index in [0.717, 1.165) is 19.8 Å². The van der Waals surface area contributed by atoms with Crippen LogP contribution >= 0.6 is 11.6 Å². The summed E-state index contributed by atoms with van der Waals surface area (Å²) in [6, 6.07) is 2.56. The Balaban J connectivity index is 2.64. The van der Waals surface area contributed by atoms with Crippen LogP contribution in [0.5, 0.6) is 0 Å². The van der Waals surface area contributed by atoms with E-state index in [1.807, 2.05) is 0 Å². The third-order valence-electron chi connectivity index (χ3n) is 4.09. The summed E-state index contributed by atoms with van der Waals surface area (Å²) in [4.78, 5) is 11.5. The van der Waals surface area contributed by atoms with Crippen molar-refractivity contribution in [1.82, 2.24) is 0 Å². The zero-order valence-electron chi connectivity index (χ0n) is 13.9. The van der Waals surface area contributed by atoms with Crippen molar-refractivity contribution in [3.05, 3.63) is 28.3 Å². The molecular formula is C18H19ClF3NO2. The Hall–Kier alpha value is -1.71. The monoisotopic (exact) mass is 373 g/mol. The van der Waals surface area contributed by atoms with Crippen molar-refractivity contribution in [3.63, 3.8) is 0 Å². The zero-order chi connectivity index (χ0) is 18.8. The number of halogens is 4. The van der Waals surface area contributed by atoms with Gasteiger partial charge in [0.1, 0.15) is 0 Å². The lowest BCUT2D eigenvalue weighted by Crippen LogP contribution is -2.39. The van der Waals surface area contributed by atoms with Crippen LogP contribution in [0.3, 0.4) is 0 Å². The number of rotatable bonds is 4. The number of carbonyl (C=O) groups is 1. The number of nitrogens with one attached hydrogen (secondary N) is 1. The number of hydrogen-bond donors (Lipinski definition) is 2. The fourth-order valence-corrected chi connectivity index (χ4v) is 2.66. The molecule has 0 radical (unpaired) electrons. The number of alkyl halides is 3. The maximum Gasteiger partial charge on any atom is 0.408 e.